The van der Waals surface area contributed by atoms with Gasteiger partial charge in [0, 0.05) is 18.1 Å². The molecule has 7 heteroatoms. The van der Waals surface area contributed by atoms with Crippen molar-refractivity contribution in [2.75, 3.05) is 11.9 Å². The third-order valence-corrected chi connectivity index (χ3v) is 4.34. The second-order valence-electron chi connectivity index (χ2n) is 6.65. The van der Waals surface area contributed by atoms with Crippen LogP contribution in [0.25, 0.3) is 0 Å². The zero-order chi connectivity index (χ0) is 21.3. The number of anilines is 1. The minimum Gasteiger partial charge on any atom is -0.484 e. The minimum absolute atomic E-state index is 0.0957. The van der Waals surface area contributed by atoms with Gasteiger partial charge in [0.25, 0.3) is 11.8 Å². The molecule has 2 N–H and O–H groups in total. The fraction of sp³-hybridized carbons (Fsp3) is 0.130. The second-order valence-corrected chi connectivity index (χ2v) is 6.65. The number of nitrogens with one attached hydrogen (secondary N) is 2. The first-order valence-corrected chi connectivity index (χ1v) is 9.34. The van der Waals surface area contributed by atoms with E-state index in [1.807, 2.05) is 32.0 Å². The number of aromatic nitrogens is 1. The second kappa shape index (κ2) is 9.97. The molecule has 0 saturated carbocycles. The molecule has 3 rings (SSSR count). The molecule has 0 unspecified atom stereocenters. The molecule has 152 valence electrons. The molecule has 0 bridgehead atoms. The number of rotatable bonds is 7. The molecule has 0 atom stereocenters. The van der Waals surface area contributed by atoms with Gasteiger partial charge in [-0.3, -0.25) is 14.6 Å². The van der Waals surface area contributed by atoms with Crippen molar-refractivity contribution in [1.29, 1.82) is 0 Å². The van der Waals surface area contributed by atoms with E-state index in [0.717, 1.165) is 16.8 Å². The third-order valence-electron chi connectivity index (χ3n) is 4.34. The third kappa shape index (κ3) is 6.00. The van der Waals surface area contributed by atoms with Crippen molar-refractivity contribution in [3.63, 3.8) is 0 Å². The number of hydrazone groups is 1. The lowest BCUT2D eigenvalue weighted by atomic mass is 10.1. The van der Waals surface area contributed by atoms with Crippen molar-refractivity contribution < 1.29 is 14.3 Å². The van der Waals surface area contributed by atoms with Crippen LogP contribution in [0.4, 0.5) is 5.69 Å². The van der Waals surface area contributed by atoms with Gasteiger partial charge in [-0.1, -0.05) is 6.07 Å². The summed E-state index contributed by atoms with van der Waals surface area (Å²) in [7, 11) is 0. The fourth-order valence-electron chi connectivity index (χ4n) is 2.54. The van der Waals surface area contributed by atoms with Crippen LogP contribution in [-0.2, 0) is 4.79 Å². The number of carbonyl (C=O) groups excluding carboxylic acids is 2. The monoisotopic (exact) mass is 402 g/mol. The molecule has 1 aromatic heterocycles. The van der Waals surface area contributed by atoms with E-state index >= 15 is 0 Å². The summed E-state index contributed by atoms with van der Waals surface area (Å²) in [6, 6.07) is 16.1. The average Bonchev–Trinajstić information content (AvgIpc) is 2.76. The lowest BCUT2D eigenvalue weighted by molar-refractivity contribution is -0.118. The highest BCUT2D eigenvalue weighted by Gasteiger charge is 2.05. The van der Waals surface area contributed by atoms with Crippen LogP contribution in [0, 0.1) is 13.8 Å². The molecule has 0 fully saturated rings. The van der Waals surface area contributed by atoms with E-state index < -0.39 is 0 Å². The van der Waals surface area contributed by atoms with Crippen molar-refractivity contribution in [3.05, 3.63) is 89.2 Å². The summed E-state index contributed by atoms with van der Waals surface area (Å²) < 4.78 is 5.52. The van der Waals surface area contributed by atoms with Crippen LogP contribution < -0.4 is 15.5 Å². The van der Waals surface area contributed by atoms with E-state index in [9.17, 15) is 9.59 Å². The summed E-state index contributed by atoms with van der Waals surface area (Å²) in [5.74, 6) is -0.0159. The Morgan fingerprint density at radius 2 is 1.87 bits per heavy atom. The highest BCUT2D eigenvalue weighted by atomic mass is 16.5. The molecule has 0 aliphatic heterocycles. The number of hydrogen-bond donors (Lipinski definition) is 2. The molecule has 0 saturated heterocycles. The largest absolute Gasteiger partial charge is 0.484 e. The summed E-state index contributed by atoms with van der Waals surface area (Å²) in [6.07, 6.45) is 4.58. The number of carbonyl (C=O) groups is 2. The molecule has 7 nitrogen and oxygen atoms in total. The molecule has 1 heterocycles. The Labute approximate surface area is 174 Å². The Hall–Kier alpha value is -4.00. The Bertz CT molecular complexity index is 1050. The Morgan fingerprint density at radius 1 is 1.07 bits per heavy atom. The van der Waals surface area contributed by atoms with Crippen LogP contribution in [0.5, 0.6) is 5.75 Å². The van der Waals surface area contributed by atoms with E-state index in [2.05, 4.69) is 20.8 Å². The van der Waals surface area contributed by atoms with Gasteiger partial charge in [0.2, 0.25) is 0 Å². The molecule has 3 aromatic rings. The Morgan fingerprint density at radius 3 is 2.57 bits per heavy atom. The van der Waals surface area contributed by atoms with E-state index in [4.69, 9.17) is 4.74 Å². The molecule has 0 aliphatic rings. The van der Waals surface area contributed by atoms with Gasteiger partial charge in [-0.15, -0.1) is 0 Å². The Balaban J connectivity index is 1.46. The van der Waals surface area contributed by atoms with Gasteiger partial charge in [-0.2, -0.15) is 5.10 Å². The maximum absolute atomic E-state index is 12.1. The van der Waals surface area contributed by atoms with Gasteiger partial charge < -0.3 is 10.1 Å². The zero-order valence-electron chi connectivity index (χ0n) is 16.8. The van der Waals surface area contributed by atoms with Crippen molar-refractivity contribution in [2.45, 2.75) is 13.8 Å². The first-order valence-electron chi connectivity index (χ1n) is 9.34. The van der Waals surface area contributed by atoms with Crippen molar-refractivity contribution in [2.24, 2.45) is 5.10 Å². The van der Waals surface area contributed by atoms with Crippen LogP contribution in [0.15, 0.2) is 72.1 Å². The molecule has 30 heavy (non-hydrogen) atoms. The standard InChI is InChI=1S/C23H22N4O3/c1-16-5-8-20(12-17(16)2)26-22(28)15-30-21-9-6-18(7-10-21)13-25-27-23(29)19-4-3-11-24-14-19/h3-14H,15H2,1-2H3,(H,26,28)(H,27,29)/b25-13+. The molecular formula is C23H22N4O3. The average molecular weight is 402 g/mol. The number of hydrogen-bond acceptors (Lipinski definition) is 5. The summed E-state index contributed by atoms with van der Waals surface area (Å²) in [5, 5.41) is 6.74. The number of pyridine rings is 1. The molecule has 0 radical (unpaired) electrons. The van der Waals surface area contributed by atoms with Crippen LogP contribution in [0.2, 0.25) is 0 Å². The van der Waals surface area contributed by atoms with Crippen LogP contribution in [-0.4, -0.2) is 29.6 Å². The summed E-state index contributed by atoms with van der Waals surface area (Å²) in [6.45, 7) is 3.92. The number of ether oxygens (including phenoxy) is 1. The quantitative estimate of drug-likeness (QED) is 0.467. The smallest absolute Gasteiger partial charge is 0.272 e. The first-order chi connectivity index (χ1) is 14.5. The van der Waals surface area contributed by atoms with Gasteiger partial charge in [0.15, 0.2) is 6.61 Å². The van der Waals surface area contributed by atoms with Gasteiger partial charge in [0.1, 0.15) is 5.75 Å². The van der Waals surface area contributed by atoms with Crippen LogP contribution >= 0.6 is 0 Å². The van der Waals surface area contributed by atoms with Crippen molar-refractivity contribution in [1.82, 2.24) is 10.4 Å². The van der Waals surface area contributed by atoms with E-state index in [1.54, 1.807) is 42.6 Å². The lowest BCUT2D eigenvalue weighted by Gasteiger charge is -2.09. The maximum Gasteiger partial charge on any atom is 0.272 e. The van der Waals surface area contributed by atoms with Crippen molar-refractivity contribution >= 4 is 23.7 Å². The highest BCUT2D eigenvalue weighted by molar-refractivity contribution is 5.94. The highest BCUT2D eigenvalue weighted by Crippen LogP contribution is 2.15. The SMILES string of the molecule is Cc1ccc(NC(=O)COc2ccc(/C=N/NC(=O)c3cccnc3)cc2)cc1C. The summed E-state index contributed by atoms with van der Waals surface area (Å²) >= 11 is 0. The topological polar surface area (TPSA) is 92.7 Å². The van der Waals surface area contributed by atoms with Gasteiger partial charge in [-0.25, -0.2) is 5.43 Å². The zero-order valence-corrected chi connectivity index (χ0v) is 16.8. The lowest BCUT2D eigenvalue weighted by Crippen LogP contribution is -2.20. The van der Waals surface area contributed by atoms with E-state index in [0.29, 0.717) is 11.3 Å². The first kappa shape index (κ1) is 20.7. The summed E-state index contributed by atoms with van der Waals surface area (Å²) in [5.41, 5.74) is 6.67. The predicted molar refractivity (Wildman–Crippen MR) is 116 cm³/mol. The van der Waals surface area contributed by atoms with Gasteiger partial charge >= 0.3 is 0 Å². The number of amides is 2. The molecule has 2 aromatic carbocycles. The Kier molecular flexibility index (Phi) is 6.89. The van der Waals surface area contributed by atoms with Gasteiger partial charge in [-0.05, 0) is 79.1 Å². The predicted octanol–water partition coefficient (Wildman–Crippen LogP) is 3.48. The van der Waals surface area contributed by atoms with E-state index in [-0.39, 0.29) is 18.4 Å². The van der Waals surface area contributed by atoms with Crippen LogP contribution in [0.1, 0.15) is 27.0 Å². The van der Waals surface area contributed by atoms with Gasteiger partial charge in [0.05, 0.1) is 11.8 Å². The fourth-order valence-corrected chi connectivity index (χ4v) is 2.54. The molecular weight excluding hydrogens is 380 g/mol. The maximum atomic E-state index is 12.1. The number of aryl methyl sites for hydroxylation is 2. The number of nitrogens with zero attached hydrogens (tertiary/aromatic N) is 2. The molecule has 2 amide bonds. The number of benzene rings is 2. The normalized spacial score (nSPS) is 10.6. The molecule has 0 aliphatic carbocycles. The molecule has 0 spiro atoms. The summed E-state index contributed by atoms with van der Waals surface area (Å²) in [4.78, 5) is 27.8. The van der Waals surface area contributed by atoms with E-state index in [1.165, 1.54) is 18.0 Å². The minimum atomic E-state index is -0.339. The van der Waals surface area contributed by atoms with Crippen LogP contribution in [0.3, 0.4) is 0 Å². The van der Waals surface area contributed by atoms with Crippen molar-refractivity contribution in [3.8, 4) is 5.75 Å².